The van der Waals surface area contributed by atoms with E-state index in [4.69, 9.17) is 0 Å². The first-order chi connectivity index (χ1) is 16.3. The summed E-state index contributed by atoms with van der Waals surface area (Å²) in [4.78, 5) is 0. The Kier molecular flexibility index (Phi) is 3.75. The van der Waals surface area contributed by atoms with Gasteiger partial charge in [0.1, 0.15) is 5.57 Å². The van der Waals surface area contributed by atoms with Gasteiger partial charge in [-0.15, -0.1) is 0 Å². The zero-order valence-electron chi connectivity index (χ0n) is 18.0. The molecule has 7 rings (SSSR count). The first-order valence-electron chi connectivity index (χ1n) is 11.4. The number of hydrogen-bond donors (Lipinski definition) is 0. The van der Waals surface area contributed by atoms with Gasteiger partial charge in [0.15, 0.2) is 11.4 Å². The number of aryl methyl sites for hydroxylation is 3. The molecule has 34 heavy (non-hydrogen) atoms. The summed E-state index contributed by atoms with van der Waals surface area (Å²) >= 11 is 0. The molecule has 4 aliphatic rings. The van der Waals surface area contributed by atoms with E-state index in [1.807, 2.05) is 24.3 Å². The van der Waals surface area contributed by atoms with Crippen LogP contribution in [0.15, 0.2) is 71.9 Å². The van der Waals surface area contributed by atoms with E-state index in [1.165, 1.54) is 12.1 Å². The molecule has 170 valence electrons. The average molecular weight is 464 g/mol. The molecule has 3 heterocycles. The molecule has 2 aromatic carbocycles. The molecular formula is C26H18BF5N2. The predicted octanol–water partition coefficient (Wildman–Crippen LogP) is 6.15. The number of rotatable bonds is 0. The van der Waals surface area contributed by atoms with E-state index in [9.17, 15) is 13.2 Å². The zero-order chi connectivity index (χ0) is 23.4. The summed E-state index contributed by atoms with van der Waals surface area (Å²) in [5.41, 5.74) is 2.56. The van der Waals surface area contributed by atoms with Gasteiger partial charge in [0.2, 0.25) is 0 Å². The third-order valence-electron chi connectivity index (χ3n) is 7.52. The minimum Gasteiger partial charge on any atom is -0.389 e. The van der Waals surface area contributed by atoms with Crippen LogP contribution in [0.25, 0.3) is 16.8 Å². The van der Waals surface area contributed by atoms with Crippen LogP contribution in [0.5, 0.6) is 0 Å². The maximum Gasteiger partial charge on any atom is 0.737 e. The van der Waals surface area contributed by atoms with Gasteiger partial charge in [0.25, 0.3) is 0 Å². The minimum atomic E-state index is -4.79. The summed E-state index contributed by atoms with van der Waals surface area (Å²) in [6.45, 7) is -4.58. The van der Waals surface area contributed by atoms with Gasteiger partial charge in [-0.1, -0.05) is 42.5 Å². The Morgan fingerprint density at radius 1 is 0.794 bits per heavy atom. The molecule has 1 aromatic heterocycles. The maximum absolute atomic E-state index is 16.6. The van der Waals surface area contributed by atoms with Gasteiger partial charge in [-0.3, -0.25) is 0 Å². The monoisotopic (exact) mass is 464 g/mol. The van der Waals surface area contributed by atoms with Crippen molar-refractivity contribution in [3.8, 4) is 11.3 Å². The van der Waals surface area contributed by atoms with Crippen molar-refractivity contribution in [3.05, 3.63) is 99.9 Å². The van der Waals surface area contributed by atoms with E-state index in [-0.39, 0.29) is 11.4 Å². The lowest BCUT2D eigenvalue weighted by molar-refractivity contribution is -0.362. The first-order valence-corrected chi connectivity index (χ1v) is 11.4. The summed E-state index contributed by atoms with van der Waals surface area (Å²) in [7, 11) is 0. The van der Waals surface area contributed by atoms with Gasteiger partial charge >= 0.3 is 13.1 Å². The molecule has 0 saturated carbocycles. The Bertz CT molecular complexity index is 1520. The molecule has 8 heteroatoms. The van der Waals surface area contributed by atoms with Gasteiger partial charge < -0.3 is 17.6 Å². The highest BCUT2D eigenvalue weighted by Gasteiger charge is 2.60. The lowest BCUT2D eigenvalue weighted by atomic mass is 9.83. The Morgan fingerprint density at radius 3 is 2.15 bits per heavy atom. The fourth-order valence-electron chi connectivity index (χ4n) is 6.19. The summed E-state index contributed by atoms with van der Waals surface area (Å²) < 4.78 is 78.3. The molecule has 0 spiro atoms. The van der Waals surface area contributed by atoms with E-state index >= 15 is 8.63 Å². The molecule has 0 N–H and O–H groups in total. The smallest absolute Gasteiger partial charge is 0.389 e. The normalized spacial score (nSPS) is 19.6. The van der Waals surface area contributed by atoms with E-state index in [2.05, 4.69) is 0 Å². The number of aromatic nitrogens is 1. The topological polar surface area (TPSA) is 7.94 Å². The van der Waals surface area contributed by atoms with Crippen molar-refractivity contribution < 1.29 is 26.3 Å². The fraction of sp³-hybridized carbons (Fsp3) is 0.192. The van der Waals surface area contributed by atoms with E-state index < -0.39 is 30.1 Å². The van der Waals surface area contributed by atoms with Crippen LogP contribution in [0, 0.1) is 0 Å². The summed E-state index contributed by atoms with van der Waals surface area (Å²) in [5.74, 6) is 0. The molecule has 2 nitrogen and oxygen atoms in total. The SMILES string of the molecule is F[B-]1(F)n2c(cc3c2-c2ccccc2CC3)C(C(F)(F)F)=C2C=C3CCc4ccccc4C3=[N+]21. The number of halogens is 5. The molecule has 0 unspecified atom stereocenters. The van der Waals surface area contributed by atoms with Gasteiger partial charge in [0.05, 0.1) is 0 Å². The number of nitrogens with zero attached hydrogens (tertiary/aromatic N) is 2. The Morgan fingerprint density at radius 2 is 1.41 bits per heavy atom. The standard InChI is InChI=1S/C26H18BF5N2/c28-26(29,30)23-21-13-17-11-9-15-5-1-3-7-19(15)24(17)33(21)27(31,32)34-22(23)14-18-12-10-16-6-2-4-8-20(16)25(18)34/h1-8,13-14H,9-12H2. The lowest BCUT2D eigenvalue weighted by Crippen LogP contribution is -2.52. The van der Waals surface area contributed by atoms with Crippen LogP contribution >= 0.6 is 0 Å². The molecule has 0 amide bonds. The van der Waals surface area contributed by atoms with Crippen LogP contribution in [0.2, 0.25) is 0 Å². The van der Waals surface area contributed by atoms with Crippen LogP contribution in [-0.4, -0.2) is 27.8 Å². The van der Waals surface area contributed by atoms with Crippen molar-refractivity contribution in [1.82, 2.24) is 4.48 Å². The van der Waals surface area contributed by atoms with Crippen molar-refractivity contribution in [2.45, 2.75) is 31.9 Å². The Labute approximate surface area is 192 Å². The molecular weight excluding hydrogens is 446 g/mol. The number of benzene rings is 2. The first kappa shape index (κ1) is 20.0. The highest BCUT2D eigenvalue weighted by molar-refractivity contribution is 6.59. The van der Waals surface area contributed by atoms with Crippen LogP contribution in [-0.2, 0) is 19.3 Å². The van der Waals surface area contributed by atoms with Crippen molar-refractivity contribution in [1.29, 1.82) is 0 Å². The second-order valence-electron chi connectivity index (χ2n) is 9.32. The van der Waals surface area contributed by atoms with Crippen LogP contribution < -0.4 is 0 Å². The van der Waals surface area contributed by atoms with Crippen molar-refractivity contribution >= 4 is 18.3 Å². The van der Waals surface area contributed by atoms with Crippen LogP contribution in [0.4, 0.5) is 21.8 Å². The van der Waals surface area contributed by atoms with E-state index in [1.54, 1.807) is 24.3 Å². The summed E-state index contributed by atoms with van der Waals surface area (Å²) in [6.07, 6.45) is -1.36. The highest BCUT2D eigenvalue weighted by atomic mass is 19.4. The fourth-order valence-corrected chi connectivity index (χ4v) is 6.19. The number of allylic oxidation sites excluding steroid dienone is 3. The number of fused-ring (bicyclic) bond motifs is 9. The lowest BCUT2D eigenvalue weighted by Gasteiger charge is -2.35. The second-order valence-corrected chi connectivity index (χ2v) is 9.32. The highest BCUT2D eigenvalue weighted by Crippen LogP contribution is 2.50. The number of alkyl halides is 3. The third kappa shape index (κ3) is 2.43. The second kappa shape index (κ2) is 6.37. The molecule has 0 fully saturated rings. The van der Waals surface area contributed by atoms with Gasteiger partial charge in [-0.25, -0.2) is 0 Å². The maximum atomic E-state index is 16.6. The largest absolute Gasteiger partial charge is 0.737 e. The minimum absolute atomic E-state index is 0.209. The van der Waals surface area contributed by atoms with Crippen LogP contribution in [0.1, 0.15) is 34.4 Å². The average Bonchev–Trinajstić information content (AvgIpc) is 3.38. The molecule has 0 atom stereocenters. The molecule has 0 radical (unpaired) electrons. The predicted molar refractivity (Wildman–Crippen MR) is 121 cm³/mol. The van der Waals surface area contributed by atoms with E-state index in [0.29, 0.717) is 56.9 Å². The number of hydrogen-bond acceptors (Lipinski definition) is 0. The van der Waals surface area contributed by atoms with E-state index in [0.717, 1.165) is 11.1 Å². The molecule has 3 aromatic rings. The molecule has 2 aliphatic carbocycles. The van der Waals surface area contributed by atoms with Gasteiger partial charge in [0, 0.05) is 28.6 Å². The Balaban J connectivity index is 1.62. The zero-order valence-corrected chi connectivity index (χ0v) is 18.0. The Hall–Kier alpha value is -3.42. The summed E-state index contributed by atoms with van der Waals surface area (Å²) in [6, 6.07) is 15.7. The molecule has 2 aliphatic heterocycles. The van der Waals surface area contributed by atoms with Gasteiger partial charge in [-0.05, 0) is 60.1 Å². The summed E-state index contributed by atoms with van der Waals surface area (Å²) in [5, 5.41) is 0. The van der Waals surface area contributed by atoms with Crippen molar-refractivity contribution in [3.63, 3.8) is 0 Å². The van der Waals surface area contributed by atoms with Crippen LogP contribution in [0.3, 0.4) is 0 Å². The third-order valence-corrected chi connectivity index (χ3v) is 7.52. The molecule has 0 saturated heterocycles. The van der Waals surface area contributed by atoms with Crippen molar-refractivity contribution in [2.24, 2.45) is 0 Å². The quantitative estimate of drug-likeness (QED) is 0.279. The molecule has 0 bridgehead atoms. The van der Waals surface area contributed by atoms with Gasteiger partial charge in [-0.2, -0.15) is 13.2 Å². The van der Waals surface area contributed by atoms with Crippen molar-refractivity contribution in [2.75, 3.05) is 0 Å².